The van der Waals surface area contributed by atoms with E-state index in [0.29, 0.717) is 0 Å². The molecule has 6 heteroatoms. The number of fused-ring (bicyclic) bond motifs is 10. The molecule has 0 saturated heterocycles. The number of rotatable bonds is 5. The SMILES string of the molecule is C1=CC(C2(c3cccnc3)c3ccccc3-c3c2ccc2c4ccccc4n(-c4ccc(-c5ccc(-n6c7cccnc7c7ncccc76)cc5)cc4)c32)=C[NH2+]C1. The van der Waals surface area contributed by atoms with E-state index < -0.39 is 5.41 Å². The zero-order valence-electron chi connectivity index (χ0n) is 30.9. The van der Waals surface area contributed by atoms with Gasteiger partial charge in [0.25, 0.3) is 0 Å². The molecule has 10 aromatic rings. The summed E-state index contributed by atoms with van der Waals surface area (Å²) in [6.45, 7) is 0.936. The second kappa shape index (κ2) is 12.3. The minimum absolute atomic E-state index is 0.509. The van der Waals surface area contributed by atoms with Crippen LogP contribution in [0.3, 0.4) is 0 Å². The Morgan fingerprint density at radius 2 is 1.21 bits per heavy atom. The van der Waals surface area contributed by atoms with Gasteiger partial charge < -0.3 is 14.5 Å². The van der Waals surface area contributed by atoms with Gasteiger partial charge in [-0.15, -0.1) is 0 Å². The molecule has 1 aliphatic heterocycles. The van der Waals surface area contributed by atoms with Crippen molar-refractivity contribution in [3.8, 4) is 33.6 Å². The van der Waals surface area contributed by atoms with Crippen LogP contribution in [-0.4, -0.2) is 30.6 Å². The molecule has 0 radical (unpaired) electrons. The third-order valence-corrected chi connectivity index (χ3v) is 12.1. The van der Waals surface area contributed by atoms with E-state index in [0.717, 1.165) is 51.1 Å². The third kappa shape index (κ3) is 4.47. The van der Waals surface area contributed by atoms with E-state index in [9.17, 15) is 0 Å². The molecule has 5 aromatic carbocycles. The van der Waals surface area contributed by atoms with Crippen molar-refractivity contribution >= 4 is 43.9 Å². The largest absolute Gasteiger partial charge is 0.316 e. The number of pyridine rings is 3. The highest BCUT2D eigenvalue weighted by atomic mass is 15.0. The topological polar surface area (TPSA) is 65.1 Å². The molecule has 1 atom stereocenters. The number of nitrogens with two attached hydrogens (primary N) is 1. The van der Waals surface area contributed by atoms with E-state index in [2.05, 4.69) is 187 Å². The molecule has 0 saturated carbocycles. The molecular weight excluding hydrogens is 697 g/mol. The first kappa shape index (κ1) is 31.9. The van der Waals surface area contributed by atoms with Gasteiger partial charge in [0.2, 0.25) is 0 Å². The summed E-state index contributed by atoms with van der Waals surface area (Å²) in [7, 11) is 0. The van der Waals surface area contributed by atoms with Crippen molar-refractivity contribution in [2.24, 2.45) is 0 Å². The van der Waals surface area contributed by atoms with Crippen LogP contribution in [0.25, 0.3) is 77.5 Å². The number of para-hydroxylation sites is 1. The first-order valence-electron chi connectivity index (χ1n) is 19.5. The van der Waals surface area contributed by atoms with Crippen molar-refractivity contribution in [1.82, 2.24) is 24.1 Å². The summed E-state index contributed by atoms with van der Waals surface area (Å²) in [5.41, 5.74) is 17.9. The number of allylic oxidation sites excluding steroid dienone is 2. The number of quaternary nitrogens is 1. The Morgan fingerprint density at radius 1 is 0.544 bits per heavy atom. The highest BCUT2D eigenvalue weighted by Gasteiger charge is 2.49. The molecular formula is C51H35N6+. The van der Waals surface area contributed by atoms with E-state index in [-0.39, 0.29) is 0 Å². The summed E-state index contributed by atoms with van der Waals surface area (Å²) in [6.07, 6.45) is 14.5. The van der Waals surface area contributed by atoms with E-state index in [4.69, 9.17) is 0 Å². The van der Waals surface area contributed by atoms with E-state index in [1.165, 1.54) is 55.2 Å². The lowest BCUT2D eigenvalue weighted by atomic mass is 9.67. The minimum Gasteiger partial charge on any atom is -0.316 e. The molecule has 0 fully saturated rings. The van der Waals surface area contributed by atoms with Gasteiger partial charge >= 0.3 is 0 Å². The molecule has 12 rings (SSSR count). The van der Waals surface area contributed by atoms with Crippen LogP contribution in [0.5, 0.6) is 0 Å². The van der Waals surface area contributed by atoms with Crippen LogP contribution in [0.2, 0.25) is 0 Å². The van der Waals surface area contributed by atoms with E-state index >= 15 is 0 Å². The van der Waals surface area contributed by atoms with Gasteiger partial charge in [-0.1, -0.05) is 91.0 Å². The molecule has 2 N–H and O–H groups in total. The van der Waals surface area contributed by atoms with Crippen molar-refractivity contribution < 1.29 is 5.32 Å². The summed E-state index contributed by atoms with van der Waals surface area (Å²) < 4.78 is 4.73. The maximum Gasteiger partial charge on any atom is 0.115 e. The molecule has 1 unspecified atom stereocenters. The van der Waals surface area contributed by atoms with Crippen molar-refractivity contribution in [1.29, 1.82) is 0 Å². The second-order valence-electron chi connectivity index (χ2n) is 14.9. The summed E-state index contributed by atoms with van der Waals surface area (Å²) >= 11 is 0. The molecule has 0 spiro atoms. The Morgan fingerprint density at radius 3 is 1.91 bits per heavy atom. The average Bonchev–Trinajstić information content (AvgIpc) is 3.92. The van der Waals surface area contributed by atoms with Crippen molar-refractivity contribution in [3.05, 3.63) is 211 Å². The fourth-order valence-electron chi connectivity index (χ4n) is 9.76. The van der Waals surface area contributed by atoms with Crippen molar-refractivity contribution in [3.63, 3.8) is 0 Å². The molecule has 5 aromatic heterocycles. The molecule has 268 valence electrons. The summed E-state index contributed by atoms with van der Waals surface area (Å²) in [5, 5.41) is 4.76. The Labute approximate surface area is 328 Å². The predicted molar refractivity (Wildman–Crippen MR) is 230 cm³/mol. The monoisotopic (exact) mass is 731 g/mol. The number of hydrogen-bond donors (Lipinski definition) is 1. The molecule has 1 aliphatic carbocycles. The van der Waals surface area contributed by atoms with E-state index in [1.54, 1.807) is 0 Å². The Bertz CT molecular complexity index is 3230. The zero-order chi connectivity index (χ0) is 37.5. The number of hydrogen-bond acceptors (Lipinski definition) is 3. The first-order valence-corrected chi connectivity index (χ1v) is 19.5. The Hall–Kier alpha value is -7.41. The molecule has 2 aliphatic rings. The predicted octanol–water partition coefficient (Wildman–Crippen LogP) is 10.1. The minimum atomic E-state index is -0.509. The molecule has 0 amide bonds. The van der Waals surface area contributed by atoms with Gasteiger partial charge in [-0.25, -0.2) is 0 Å². The average molecular weight is 732 g/mol. The van der Waals surface area contributed by atoms with Gasteiger partial charge in [0.1, 0.15) is 11.0 Å². The highest BCUT2D eigenvalue weighted by molar-refractivity contribution is 6.16. The molecule has 6 heterocycles. The maximum absolute atomic E-state index is 4.68. The molecule has 0 bridgehead atoms. The standard InChI is InChI=1S/C51H34N6/c1-3-13-42-41(12-1)47-43(51(42,35-9-5-27-52-31-35)36-10-6-28-53-32-36)26-25-40-39-11-2-4-14-44(39)57(50(40)47)38-23-19-34(20-24-38)33-17-21-37(22-18-33)56-45-15-7-29-54-48(45)49-46(56)16-8-30-55-49/h1-27,29-32,53H,28H2/p+1. The molecule has 6 nitrogen and oxygen atoms in total. The second-order valence-corrected chi connectivity index (χ2v) is 14.9. The van der Waals surface area contributed by atoms with Gasteiger partial charge in [0.15, 0.2) is 0 Å². The lowest BCUT2D eigenvalue weighted by Gasteiger charge is -2.34. The van der Waals surface area contributed by atoms with Crippen LogP contribution in [0.1, 0.15) is 16.7 Å². The number of benzene rings is 5. The summed E-state index contributed by atoms with van der Waals surface area (Å²) in [6, 6.07) is 52.9. The highest BCUT2D eigenvalue weighted by Crippen LogP contribution is 2.59. The van der Waals surface area contributed by atoms with Gasteiger partial charge in [-0.3, -0.25) is 15.0 Å². The summed E-state index contributed by atoms with van der Waals surface area (Å²) in [5.74, 6) is 0. The number of aromatic nitrogens is 5. The van der Waals surface area contributed by atoms with Crippen LogP contribution >= 0.6 is 0 Å². The van der Waals surface area contributed by atoms with Crippen LogP contribution in [0.15, 0.2) is 194 Å². The Kier molecular flexibility index (Phi) is 6.88. The Balaban J connectivity index is 1.03. The van der Waals surface area contributed by atoms with Crippen molar-refractivity contribution in [2.45, 2.75) is 5.41 Å². The fourth-order valence-corrected chi connectivity index (χ4v) is 9.76. The van der Waals surface area contributed by atoms with E-state index in [1.807, 2.05) is 30.7 Å². The third-order valence-electron chi connectivity index (χ3n) is 12.1. The van der Waals surface area contributed by atoms with Crippen LogP contribution in [0, 0.1) is 0 Å². The van der Waals surface area contributed by atoms with Gasteiger partial charge in [-0.05, 0) is 100 Å². The fraction of sp³-hybridized carbons (Fsp3) is 0.0392. The zero-order valence-corrected chi connectivity index (χ0v) is 30.9. The maximum atomic E-state index is 4.68. The lowest BCUT2D eigenvalue weighted by molar-refractivity contribution is -0.579. The van der Waals surface area contributed by atoms with Gasteiger partial charge in [-0.2, -0.15) is 0 Å². The quantitative estimate of drug-likeness (QED) is 0.192. The van der Waals surface area contributed by atoms with Gasteiger partial charge in [0, 0.05) is 58.1 Å². The van der Waals surface area contributed by atoms with Crippen molar-refractivity contribution in [2.75, 3.05) is 6.54 Å². The number of nitrogens with zero attached hydrogens (tertiary/aromatic N) is 5. The smallest absolute Gasteiger partial charge is 0.115 e. The first-order chi connectivity index (χ1) is 28.3. The summed E-state index contributed by atoms with van der Waals surface area (Å²) in [4.78, 5) is 14.0. The van der Waals surface area contributed by atoms with Gasteiger partial charge in [0.05, 0.1) is 40.2 Å². The lowest BCUT2D eigenvalue weighted by Crippen LogP contribution is -2.78. The van der Waals surface area contributed by atoms with Crippen LogP contribution < -0.4 is 5.32 Å². The van der Waals surface area contributed by atoms with Crippen LogP contribution in [0.4, 0.5) is 0 Å². The molecule has 57 heavy (non-hydrogen) atoms. The van der Waals surface area contributed by atoms with Crippen LogP contribution in [-0.2, 0) is 5.41 Å². The normalized spacial score (nSPS) is 16.0.